The second-order valence-electron chi connectivity index (χ2n) is 6.21. The van der Waals surface area contributed by atoms with Gasteiger partial charge >= 0.3 is 0 Å². The molecule has 24 heavy (non-hydrogen) atoms. The number of likely N-dealkylation sites (N-methyl/N-ethyl adjacent to an activating group) is 1. The highest BCUT2D eigenvalue weighted by Crippen LogP contribution is 2.24. The van der Waals surface area contributed by atoms with E-state index in [4.69, 9.17) is 11.6 Å². The molecule has 2 heterocycles. The van der Waals surface area contributed by atoms with Crippen molar-refractivity contribution in [2.24, 2.45) is 0 Å². The zero-order valence-electron chi connectivity index (χ0n) is 13.9. The largest absolute Gasteiger partial charge is 0.370 e. The highest BCUT2D eigenvalue weighted by Gasteiger charge is 2.23. The molecule has 1 amide bonds. The number of halogens is 1. The maximum atomic E-state index is 12.2. The SMILES string of the molecule is CN(C)C1CCN(c2ccc(NC(=O)c3ccc(Cl)cn3)cc2)C1. The van der Waals surface area contributed by atoms with Gasteiger partial charge in [-0.25, -0.2) is 4.98 Å². The van der Waals surface area contributed by atoms with E-state index in [0.717, 1.165) is 18.8 Å². The van der Waals surface area contributed by atoms with Gasteiger partial charge in [-0.15, -0.1) is 0 Å². The third-order valence-electron chi connectivity index (χ3n) is 4.34. The highest BCUT2D eigenvalue weighted by atomic mass is 35.5. The number of hydrogen-bond donors (Lipinski definition) is 1. The Kier molecular flexibility index (Phi) is 5.02. The average Bonchev–Trinajstić information content (AvgIpc) is 3.06. The Morgan fingerprint density at radius 2 is 2.00 bits per heavy atom. The Hall–Kier alpha value is -2.11. The predicted octanol–water partition coefficient (Wildman–Crippen LogP) is 3.13. The molecule has 1 N–H and O–H groups in total. The minimum Gasteiger partial charge on any atom is -0.370 e. The van der Waals surface area contributed by atoms with Gasteiger partial charge in [0, 0.05) is 36.7 Å². The van der Waals surface area contributed by atoms with Gasteiger partial charge in [-0.3, -0.25) is 4.79 Å². The van der Waals surface area contributed by atoms with E-state index in [0.29, 0.717) is 16.8 Å². The first-order valence-corrected chi connectivity index (χ1v) is 8.35. The number of rotatable bonds is 4. The third kappa shape index (κ3) is 3.86. The van der Waals surface area contributed by atoms with Gasteiger partial charge in [-0.1, -0.05) is 11.6 Å². The van der Waals surface area contributed by atoms with Crippen LogP contribution in [0.1, 0.15) is 16.9 Å². The van der Waals surface area contributed by atoms with E-state index in [1.807, 2.05) is 24.3 Å². The fraction of sp³-hybridized carbons (Fsp3) is 0.333. The highest BCUT2D eigenvalue weighted by molar-refractivity contribution is 6.30. The summed E-state index contributed by atoms with van der Waals surface area (Å²) in [5.41, 5.74) is 2.28. The lowest BCUT2D eigenvalue weighted by Crippen LogP contribution is -2.31. The van der Waals surface area contributed by atoms with Gasteiger partial charge in [0.2, 0.25) is 0 Å². The van der Waals surface area contributed by atoms with Crippen LogP contribution in [0.25, 0.3) is 0 Å². The number of nitrogens with one attached hydrogen (secondary N) is 1. The van der Waals surface area contributed by atoms with E-state index < -0.39 is 0 Å². The standard InChI is InChI=1S/C18H21ClN4O/c1-22(2)16-9-10-23(12-16)15-6-4-14(5-7-15)21-18(24)17-8-3-13(19)11-20-17/h3-8,11,16H,9-10,12H2,1-2H3,(H,21,24). The summed E-state index contributed by atoms with van der Waals surface area (Å²) in [6.07, 6.45) is 2.64. The number of carbonyl (C=O) groups excluding carboxylic acids is 1. The lowest BCUT2D eigenvalue weighted by molar-refractivity contribution is 0.102. The minimum atomic E-state index is -0.242. The molecule has 0 radical (unpaired) electrons. The van der Waals surface area contributed by atoms with Crippen molar-refractivity contribution in [3.63, 3.8) is 0 Å². The van der Waals surface area contributed by atoms with E-state index in [2.05, 4.69) is 34.2 Å². The van der Waals surface area contributed by atoms with Crippen LogP contribution in [0.15, 0.2) is 42.6 Å². The fourth-order valence-corrected chi connectivity index (χ4v) is 2.97. The molecule has 1 saturated heterocycles. The van der Waals surface area contributed by atoms with Crippen LogP contribution in [-0.2, 0) is 0 Å². The van der Waals surface area contributed by atoms with Crippen molar-refractivity contribution in [1.82, 2.24) is 9.88 Å². The second kappa shape index (κ2) is 7.20. The summed E-state index contributed by atoms with van der Waals surface area (Å²) < 4.78 is 0. The molecule has 0 aliphatic carbocycles. The number of hydrogen-bond acceptors (Lipinski definition) is 4. The van der Waals surface area contributed by atoms with Crippen LogP contribution in [0.5, 0.6) is 0 Å². The van der Waals surface area contributed by atoms with E-state index in [-0.39, 0.29) is 5.91 Å². The number of benzene rings is 1. The number of pyridine rings is 1. The number of amides is 1. The van der Waals surface area contributed by atoms with Gasteiger partial charge in [0.05, 0.1) is 5.02 Å². The Morgan fingerprint density at radius 1 is 1.25 bits per heavy atom. The molecule has 1 aromatic carbocycles. The normalized spacial score (nSPS) is 17.3. The molecule has 1 aliphatic heterocycles. The molecular weight excluding hydrogens is 324 g/mol. The lowest BCUT2D eigenvalue weighted by atomic mass is 10.2. The van der Waals surface area contributed by atoms with Crippen molar-refractivity contribution < 1.29 is 4.79 Å². The van der Waals surface area contributed by atoms with E-state index in [1.54, 1.807) is 12.1 Å². The van der Waals surface area contributed by atoms with Crippen LogP contribution < -0.4 is 10.2 Å². The maximum Gasteiger partial charge on any atom is 0.274 e. The molecule has 1 atom stereocenters. The van der Waals surface area contributed by atoms with Crippen molar-refractivity contribution in [2.45, 2.75) is 12.5 Å². The number of carbonyl (C=O) groups is 1. The summed E-state index contributed by atoms with van der Waals surface area (Å²) >= 11 is 5.78. The smallest absolute Gasteiger partial charge is 0.274 e. The molecule has 1 aliphatic rings. The zero-order chi connectivity index (χ0) is 17.1. The molecule has 6 heteroatoms. The Bertz CT molecular complexity index is 700. The van der Waals surface area contributed by atoms with Crippen molar-refractivity contribution in [1.29, 1.82) is 0 Å². The van der Waals surface area contributed by atoms with E-state index in [1.165, 1.54) is 18.3 Å². The summed E-state index contributed by atoms with van der Waals surface area (Å²) in [6, 6.07) is 11.8. The molecule has 0 spiro atoms. The second-order valence-corrected chi connectivity index (χ2v) is 6.65. The summed E-state index contributed by atoms with van der Waals surface area (Å²) in [7, 11) is 4.25. The summed E-state index contributed by atoms with van der Waals surface area (Å²) in [5, 5.41) is 3.36. The lowest BCUT2D eigenvalue weighted by Gasteiger charge is -2.22. The zero-order valence-corrected chi connectivity index (χ0v) is 14.6. The fourth-order valence-electron chi connectivity index (χ4n) is 2.86. The Morgan fingerprint density at radius 3 is 2.58 bits per heavy atom. The molecule has 5 nitrogen and oxygen atoms in total. The van der Waals surface area contributed by atoms with Crippen molar-refractivity contribution in [2.75, 3.05) is 37.4 Å². The number of nitrogens with zero attached hydrogens (tertiary/aromatic N) is 3. The molecule has 1 aromatic heterocycles. The van der Waals surface area contributed by atoms with Crippen LogP contribution in [0.3, 0.4) is 0 Å². The van der Waals surface area contributed by atoms with Gasteiger partial charge < -0.3 is 15.1 Å². The molecule has 0 bridgehead atoms. The minimum absolute atomic E-state index is 0.242. The Balaban J connectivity index is 1.62. The quantitative estimate of drug-likeness (QED) is 0.925. The number of anilines is 2. The summed E-state index contributed by atoms with van der Waals surface area (Å²) in [4.78, 5) is 20.8. The first-order chi connectivity index (χ1) is 11.5. The monoisotopic (exact) mass is 344 g/mol. The average molecular weight is 345 g/mol. The van der Waals surface area contributed by atoms with Gasteiger partial charge in [0.15, 0.2) is 0 Å². The maximum absolute atomic E-state index is 12.2. The molecule has 0 saturated carbocycles. The van der Waals surface area contributed by atoms with Crippen LogP contribution in [0, 0.1) is 0 Å². The molecule has 2 aromatic rings. The van der Waals surface area contributed by atoms with Gasteiger partial charge in [0.25, 0.3) is 5.91 Å². The summed E-state index contributed by atoms with van der Waals surface area (Å²) in [5.74, 6) is -0.242. The van der Waals surface area contributed by atoms with Crippen molar-refractivity contribution in [3.05, 3.63) is 53.3 Å². The third-order valence-corrected chi connectivity index (χ3v) is 4.57. The van der Waals surface area contributed by atoms with E-state index in [9.17, 15) is 4.79 Å². The Labute approximate surface area is 147 Å². The van der Waals surface area contributed by atoms with Crippen molar-refractivity contribution in [3.8, 4) is 0 Å². The molecule has 3 rings (SSSR count). The van der Waals surface area contributed by atoms with Crippen LogP contribution in [0.2, 0.25) is 5.02 Å². The first-order valence-electron chi connectivity index (χ1n) is 7.97. The molecule has 126 valence electrons. The first kappa shape index (κ1) is 16.7. The van der Waals surface area contributed by atoms with Crippen molar-refractivity contribution >= 4 is 28.9 Å². The van der Waals surface area contributed by atoms with E-state index >= 15 is 0 Å². The van der Waals surface area contributed by atoms with Gasteiger partial charge in [-0.05, 0) is 56.9 Å². The van der Waals surface area contributed by atoms with Gasteiger partial charge in [0.1, 0.15) is 5.69 Å². The summed E-state index contributed by atoms with van der Waals surface area (Å²) in [6.45, 7) is 2.09. The van der Waals surface area contributed by atoms with Crippen LogP contribution in [0.4, 0.5) is 11.4 Å². The number of aromatic nitrogens is 1. The van der Waals surface area contributed by atoms with Crippen LogP contribution in [-0.4, -0.2) is 49.0 Å². The molecule has 1 fully saturated rings. The predicted molar refractivity (Wildman–Crippen MR) is 97.9 cm³/mol. The topological polar surface area (TPSA) is 48.5 Å². The molecular formula is C18H21ClN4O. The molecule has 1 unspecified atom stereocenters. The van der Waals surface area contributed by atoms with Gasteiger partial charge in [-0.2, -0.15) is 0 Å². The van der Waals surface area contributed by atoms with Crippen LogP contribution >= 0.6 is 11.6 Å².